The lowest BCUT2D eigenvalue weighted by atomic mass is 10.2. The highest BCUT2D eigenvalue weighted by Gasteiger charge is 2.13. The van der Waals surface area contributed by atoms with Gasteiger partial charge >= 0.3 is 0 Å². The Balaban J connectivity index is 2.19. The Morgan fingerprint density at radius 2 is 2.12 bits per heavy atom. The van der Waals surface area contributed by atoms with Crippen LogP contribution >= 0.6 is 0 Å². The zero-order chi connectivity index (χ0) is 11.8. The Morgan fingerprint density at radius 3 is 2.81 bits per heavy atom. The van der Waals surface area contributed by atoms with E-state index in [2.05, 4.69) is 24.1 Å². The van der Waals surface area contributed by atoms with Crippen LogP contribution in [0.4, 0.5) is 0 Å². The lowest BCUT2D eigenvalue weighted by Crippen LogP contribution is -2.40. The largest absolute Gasteiger partial charge is 0.395 e. The molecular formula is C12H26N2O2. The van der Waals surface area contributed by atoms with Crippen molar-refractivity contribution in [2.45, 2.75) is 38.8 Å². The molecule has 1 aliphatic rings. The highest BCUT2D eigenvalue weighted by Crippen LogP contribution is 2.02. The molecule has 0 amide bonds. The van der Waals surface area contributed by atoms with Gasteiger partial charge in [-0.1, -0.05) is 13.8 Å². The zero-order valence-corrected chi connectivity index (χ0v) is 10.6. The predicted molar refractivity (Wildman–Crippen MR) is 65.6 cm³/mol. The molecule has 0 radical (unpaired) electrons. The Bertz CT molecular complexity index is 166. The molecule has 0 aliphatic carbocycles. The van der Waals surface area contributed by atoms with E-state index in [9.17, 15) is 5.11 Å². The van der Waals surface area contributed by atoms with E-state index in [4.69, 9.17) is 4.74 Å². The first-order valence-electron chi connectivity index (χ1n) is 6.39. The van der Waals surface area contributed by atoms with Crippen molar-refractivity contribution in [3.8, 4) is 0 Å². The summed E-state index contributed by atoms with van der Waals surface area (Å²) in [5, 5.41) is 12.6. The average molecular weight is 230 g/mol. The van der Waals surface area contributed by atoms with Gasteiger partial charge in [-0.2, -0.15) is 0 Å². The Kier molecular flexibility index (Phi) is 6.96. The predicted octanol–water partition coefficient (Wildman–Crippen LogP) is 0.458. The fourth-order valence-electron chi connectivity index (χ4n) is 2.06. The Labute approximate surface area is 99.0 Å². The van der Waals surface area contributed by atoms with Gasteiger partial charge < -0.3 is 20.1 Å². The molecular weight excluding hydrogens is 204 g/mol. The van der Waals surface area contributed by atoms with Crippen LogP contribution in [0.15, 0.2) is 0 Å². The summed E-state index contributed by atoms with van der Waals surface area (Å²) in [5.74, 6) is 0. The first-order chi connectivity index (χ1) is 7.72. The van der Waals surface area contributed by atoms with E-state index in [0.717, 1.165) is 45.7 Å². The molecule has 1 saturated heterocycles. The number of rotatable bonds is 6. The number of aliphatic hydroxyl groups is 1. The van der Waals surface area contributed by atoms with E-state index in [1.165, 1.54) is 0 Å². The van der Waals surface area contributed by atoms with Crippen LogP contribution in [0.25, 0.3) is 0 Å². The van der Waals surface area contributed by atoms with Gasteiger partial charge in [0.05, 0.1) is 13.2 Å². The lowest BCUT2D eigenvalue weighted by molar-refractivity contribution is 0.139. The molecule has 1 fully saturated rings. The first kappa shape index (κ1) is 13.9. The van der Waals surface area contributed by atoms with Gasteiger partial charge in [0.15, 0.2) is 0 Å². The smallest absolute Gasteiger partial charge is 0.0593 e. The van der Waals surface area contributed by atoms with Crippen LogP contribution in [-0.4, -0.2) is 61.5 Å². The molecule has 0 aromatic rings. The standard InChI is InChI=1S/C12H26N2O2/c1-11(2)13-12(10-15)4-6-14-5-3-8-16-9-7-14/h11-13,15H,3-10H2,1-2H3. The molecule has 1 atom stereocenters. The van der Waals surface area contributed by atoms with E-state index in [1.54, 1.807) is 0 Å². The molecule has 0 saturated carbocycles. The van der Waals surface area contributed by atoms with Gasteiger partial charge in [0.25, 0.3) is 0 Å². The van der Waals surface area contributed by atoms with Crippen LogP contribution in [0.1, 0.15) is 26.7 Å². The highest BCUT2D eigenvalue weighted by molar-refractivity contribution is 4.71. The monoisotopic (exact) mass is 230 g/mol. The molecule has 16 heavy (non-hydrogen) atoms. The van der Waals surface area contributed by atoms with Gasteiger partial charge in [0.1, 0.15) is 0 Å². The summed E-state index contributed by atoms with van der Waals surface area (Å²) in [6.07, 6.45) is 2.14. The Hall–Kier alpha value is -0.160. The third-order valence-electron chi connectivity index (χ3n) is 2.90. The molecule has 0 aromatic heterocycles. The van der Waals surface area contributed by atoms with Crippen LogP contribution in [0.3, 0.4) is 0 Å². The summed E-state index contributed by atoms with van der Waals surface area (Å²) < 4.78 is 5.42. The molecule has 1 rings (SSSR count). The lowest BCUT2D eigenvalue weighted by Gasteiger charge is -2.24. The molecule has 1 aliphatic heterocycles. The maximum Gasteiger partial charge on any atom is 0.0593 e. The highest BCUT2D eigenvalue weighted by atomic mass is 16.5. The first-order valence-corrected chi connectivity index (χ1v) is 6.39. The van der Waals surface area contributed by atoms with E-state index < -0.39 is 0 Å². The number of hydrogen-bond acceptors (Lipinski definition) is 4. The van der Waals surface area contributed by atoms with Gasteiger partial charge in [0, 0.05) is 31.8 Å². The van der Waals surface area contributed by atoms with Gasteiger partial charge in [-0.3, -0.25) is 0 Å². The van der Waals surface area contributed by atoms with Crippen molar-refractivity contribution in [2.24, 2.45) is 0 Å². The second kappa shape index (κ2) is 8.01. The van der Waals surface area contributed by atoms with Gasteiger partial charge in [-0.05, 0) is 19.4 Å². The van der Waals surface area contributed by atoms with E-state index in [0.29, 0.717) is 6.04 Å². The van der Waals surface area contributed by atoms with Gasteiger partial charge in [-0.15, -0.1) is 0 Å². The summed E-state index contributed by atoms with van der Waals surface area (Å²) in [7, 11) is 0. The maximum atomic E-state index is 9.25. The minimum Gasteiger partial charge on any atom is -0.395 e. The number of hydrogen-bond donors (Lipinski definition) is 2. The third kappa shape index (κ3) is 5.80. The number of nitrogens with zero attached hydrogens (tertiary/aromatic N) is 1. The van der Waals surface area contributed by atoms with Crippen molar-refractivity contribution in [2.75, 3.05) is 39.5 Å². The minimum absolute atomic E-state index is 0.225. The van der Waals surface area contributed by atoms with Crippen molar-refractivity contribution in [3.05, 3.63) is 0 Å². The zero-order valence-electron chi connectivity index (χ0n) is 10.6. The normalized spacial score (nSPS) is 21.0. The van der Waals surface area contributed by atoms with Crippen molar-refractivity contribution in [1.29, 1.82) is 0 Å². The van der Waals surface area contributed by atoms with Crippen LogP contribution < -0.4 is 5.32 Å². The van der Waals surface area contributed by atoms with Crippen molar-refractivity contribution in [3.63, 3.8) is 0 Å². The molecule has 0 bridgehead atoms. The second-order valence-electron chi connectivity index (χ2n) is 4.80. The summed E-state index contributed by atoms with van der Waals surface area (Å²) in [4.78, 5) is 2.43. The molecule has 4 heteroatoms. The molecule has 0 aromatic carbocycles. The van der Waals surface area contributed by atoms with Gasteiger partial charge in [0.2, 0.25) is 0 Å². The number of nitrogens with one attached hydrogen (secondary N) is 1. The number of ether oxygens (including phenoxy) is 1. The van der Waals surface area contributed by atoms with Crippen LogP contribution in [0, 0.1) is 0 Å². The van der Waals surface area contributed by atoms with Crippen molar-refractivity contribution in [1.82, 2.24) is 10.2 Å². The quantitative estimate of drug-likeness (QED) is 0.696. The fraction of sp³-hybridized carbons (Fsp3) is 1.00. The molecule has 96 valence electrons. The SMILES string of the molecule is CC(C)NC(CO)CCN1CCCOCC1. The van der Waals surface area contributed by atoms with Crippen molar-refractivity contribution < 1.29 is 9.84 Å². The van der Waals surface area contributed by atoms with Gasteiger partial charge in [-0.25, -0.2) is 0 Å². The van der Waals surface area contributed by atoms with Crippen LogP contribution in [0.5, 0.6) is 0 Å². The number of aliphatic hydroxyl groups excluding tert-OH is 1. The van der Waals surface area contributed by atoms with Crippen LogP contribution in [0.2, 0.25) is 0 Å². The molecule has 1 heterocycles. The molecule has 0 spiro atoms. The summed E-state index contributed by atoms with van der Waals surface area (Å²) in [6.45, 7) is 9.40. The third-order valence-corrected chi connectivity index (χ3v) is 2.90. The van der Waals surface area contributed by atoms with E-state index in [-0.39, 0.29) is 12.6 Å². The average Bonchev–Trinajstić information content (AvgIpc) is 2.52. The summed E-state index contributed by atoms with van der Waals surface area (Å²) in [5.41, 5.74) is 0. The fourth-order valence-corrected chi connectivity index (χ4v) is 2.06. The topological polar surface area (TPSA) is 44.7 Å². The Morgan fingerprint density at radius 1 is 1.31 bits per heavy atom. The second-order valence-corrected chi connectivity index (χ2v) is 4.80. The summed E-state index contributed by atoms with van der Waals surface area (Å²) in [6, 6.07) is 0.661. The van der Waals surface area contributed by atoms with Crippen molar-refractivity contribution >= 4 is 0 Å². The van der Waals surface area contributed by atoms with E-state index >= 15 is 0 Å². The van der Waals surface area contributed by atoms with E-state index in [1.807, 2.05) is 0 Å². The van der Waals surface area contributed by atoms with Crippen LogP contribution in [-0.2, 0) is 4.74 Å². The molecule has 2 N–H and O–H groups in total. The maximum absolute atomic E-state index is 9.25. The molecule has 4 nitrogen and oxygen atoms in total. The molecule has 1 unspecified atom stereocenters. The summed E-state index contributed by atoms with van der Waals surface area (Å²) >= 11 is 0. The minimum atomic E-state index is 0.225.